The normalized spacial score (nSPS) is 14.3. The fourth-order valence-electron chi connectivity index (χ4n) is 5.31. The van der Waals surface area contributed by atoms with E-state index < -0.39 is 59.2 Å². The van der Waals surface area contributed by atoms with Gasteiger partial charge in [-0.2, -0.15) is 0 Å². The number of aromatic hydroxyl groups is 2. The molecule has 1 aliphatic rings. The van der Waals surface area contributed by atoms with Crippen LogP contribution in [0.2, 0.25) is 0 Å². The number of phenolic OH excluding ortho intramolecular Hbond substituents is 2. The van der Waals surface area contributed by atoms with Crippen LogP contribution in [-0.2, 0) is 9.59 Å². The Morgan fingerprint density at radius 2 is 0.958 bits per heavy atom. The smallest absolute Gasteiger partial charge is 0.405 e. The van der Waals surface area contributed by atoms with Gasteiger partial charge in [0.1, 0.15) is 23.6 Å². The lowest BCUT2D eigenvalue weighted by Gasteiger charge is -2.25. The molecule has 10 N–H and O–H groups in total. The van der Waals surface area contributed by atoms with Crippen LogP contribution in [0, 0.1) is 11.8 Å². The summed E-state index contributed by atoms with van der Waals surface area (Å²) in [5.41, 5.74) is -0.536. The van der Waals surface area contributed by atoms with E-state index in [4.69, 9.17) is 10.2 Å². The van der Waals surface area contributed by atoms with Gasteiger partial charge in [-0.05, 0) is 36.1 Å². The topological polar surface area (TPSA) is 256 Å². The predicted octanol–water partition coefficient (Wildman–Crippen LogP) is 2.29. The summed E-state index contributed by atoms with van der Waals surface area (Å²) in [7, 11) is 0. The van der Waals surface area contributed by atoms with Gasteiger partial charge < -0.3 is 52.3 Å². The second-order valence-electron chi connectivity index (χ2n) is 11.5. The number of hydrogen-bond donors (Lipinski definition) is 10. The van der Waals surface area contributed by atoms with Crippen molar-refractivity contribution in [1.29, 1.82) is 0 Å². The van der Waals surface area contributed by atoms with E-state index >= 15 is 0 Å². The Hall–Kier alpha value is -5.54. The summed E-state index contributed by atoms with van der Waals surface area (Å²) in [6.07, 6.45) is -1.56. The molecule has 0 unspecified atom stereocenters. The number of nitrogens with one attached hydrogen (secondary N) is 6. The van der Waals surface area contributed by atoms with Gasteiger partial charge in [0.05, 0.1) is 22.3 Å². The minimum Gasteiger partial charge on any atom is -0.507 e. The van der Waals surface area contributed by atoms with Crippen molar-refractivity contribution in [2.45, 2.75) is 52.6 Å². The highest BCUT2D eigenvalue weighted by Gasteiger charge is 2.38. The lowest BCUT2D eigenvalue weighted by Crippen LogP contribution is -2.50. The molecule has 0 heterocycles. The van der Waals surface area contributed by atoms with Crippen LogP contribution < -0.4 is 31.9 Å². The summed E-state index contributed by atoms with van der Waals surface area (Å²) in [5, 5.41) is 55.0. The molecule has 1 aliphatic carbocycles. The van der Waals surface area contributed by atoms with E-state index in [0.717, 1.165) is 12.1 Å². The van der Waals surface area contributed by atoms with Gasteiger partial charge in [0, 0.05) is 37.6 Å². The largest absolute Gasteiger partial charge is 0.507 e. The van der Waals surface area contributed by atoms with E-state index in [1.54, 1.807) is 13.8 Å². The minimum atomic E-state index is -1.33. The maximum atomic E-state index is 13.8. The molecule has 0 fully saturated rings. The summed E-state index contributed by atoms with van der Waals surface area (Å²) in [6, 6.07) is 3.28. The van der Waals surface area contributed by atoms with Crippen molar-refractivity contribution in [2.24, 2.45) is 11.8 Å². The number of carbonyl (C=O) groups excluding carboxylic acids is 4. The Morgan fingerprint density at radius 3 is 1.27 bits per heavy atom. The molecule has 16 nitrogen and oxygen atoms in total. The molecule has 0 spiro atoms. The highest BCUT2D eigenvalue weighted by atomic mass is 16.4. The van der Waals surface area contributed by atoms with Gasteiger partial charge in [-0.1, -0.05) is 40.5 Å². The molecule has 260 valence electrons. The first kappa shape index (κ1) is 36.9. The number of ketones is 2. The Labute approximate surface area is 276 Å². The summed E-state index contributed by atoms with van der Waals surface area (Å²) < 4.78 is 0. The third-order valence-corrected chi connectivity index (χ3v) is 8.30. The molecule has 4 atom stereocenters. The number of amides is 4. The second kappa shape index (κ2) is 16.3. The Balaban J connectivity index is 1.83. The van der Waals surface area contributed by atoms with Crippen molar-refractivity contribution >= 4 is 46.9 Å². The van der Waals surface area contributed by atoms with Crippen LogP contribution in [0.5, 0.6) is 11.5 Å². The fraction of sp³-hybridized carbons (Fsp3) is 0.438. The zero-order valence-electron chi connectivity index (χ0n) is 27.1. The number of anilines is 2. The van der Waals surface area contributed by atoms with Crippen LogP contribution >= 0.6 is 0 Å². The Morgan fingerprint density at radius 1 is 0.604 bits per heavy atom. The van der Waals surface area contributed by atoms with Crippen molar-refractivity contribution in [3.63, 3.8) is 0 Å². The van der Waals surface area contributed by atoms with Crippen molar-refractivity contribution < 1.29 is 49.2 Å². The van der Waals surface area contributed by atoms with Gasteiger partial charge >= 0.3 is 12.2 Å². The zero-order chi connectivity index (χ0) is 35.7. The van der Waals surface area contributed by atoms with Crippen LogP contribution in [-0.4, -0.2) is 94.3 Å². The molecule has 0 aromatic heterocycles. The second-order valence-corrected chi connectivity index (χ2v) is 11.5. The Kier molecular flexibility index (Phi) is 12.6. The SMILES string of the molecule is CC[C@@H](C)[C@@H](NC(=O)O)C(=O)NCCNc1ccc(NCCNC(=O)[C@H](NC(=O)O)[C@@H](C)CC)c2c1C(=O)c1c(O)ccc(O)c1C2=O. The molecule has 0 saturated carbocycles. The molecule has 0 bridgehead atoms. The predicted molar refractivity (Wildman–Crippen MR) is 175 cm³/mol. The highest BCUT2D eigenvalue weighted by molar-refractivity contribution is 6.33. The van der Waals surface area contributed by atoms with Crippen LogP contribution in [0.1, 0.15) is 72.4 Å². The maximum Gasteiger partial charge on any atom is 0.405 e. The van der Waals surface area contributed by atoms with Gasteiger partial charge in [-0.25, -0.2) is 9.59 Å². The first-order valence-corrected chi connectivity index (χ1v) is 15.6. The molecule has 0 radical (unpaired) electrons. The van der Waals surface area contributed by atoms with Crippen molar-refractivity contribution in [2.75, 3.05) is 36.8 Å². The molecule has 0 saturated heterocycles. The molecular weight excluding hydrogens is 628 g/mol. The lowest BCUT2D eigenvalue weighted by molar-refractivity contribution is -0.124. The zero-order valence-corrected chi connectivity index (χ0v) is 27.1. The number of carbonyl (C=O) groups is 6. The summed E-state index contributed by atoms with van der Waals surface area (Å²) in [5.74, 6) is -4.09. The van der Waals surface area contributed by atoms with Crippen molar-refractivity contribution in [3.05, 3.63) is 46.5 Å². The van der Waals surface area contributed by atoms with Crippen molar-refractivity contribution in [1.82, 2.24) is 21.3 Å². The molecular formula is C32H42N6O10. The number of phenols is 2. The fourth-order valence-corrected chi connectivity index (χ4v) is 5.31. The summed E-state index contributed by atoms with van der Waals surface area (Å²) in [4.78, 5) is 75.3. The van der Waals surface area contributed by atoms with Gasteiger partial charge in [0.2, 0.25) is 23.4 Å². The average molecular weight is 671 g/mol. The molecule has 2 aromatic carbocycles. The van der Waals surface area contributed by atoms with E-state index in [1.165, 1.54) is 12.1 Å². The number of hydrogen-bond acceptors (Lipinski definition) is 10. The lowest BCUT2D eigenvalue weighted by atomic mass is 9.81. The quantitative estimate of drug-likeness (QED) is 0.0778. The molecule has 16 heteroatoms. The monoisotopic (exact) mass is 670 g/mol. The van der Waals surface area contributed by atoms with Crippen molar-refractivity contribution in [3.8, 4) is 11.5 Å². The number of fused-ring (bicyclic) bond motifs is 2. The van der Waals surface area contributed by atoms with E-state index in [1.807, 2.05) is 13.8 Å². The Bertz CT molecular complexity index is 1460. The van der Waals surface area contributed by atoms with Crippen LogP contribution in [0.25, 0.3) is 0 Å². The van der Waals surface area contributed by atoms with Crippen LogP contribution in [0.15, 0.2) is 24.3 Å². The standard InChI is InChI=1S/C32H42N6O10/c1-5-15(3)25(37-31(45)46)29(43)35-13-11-33-17-7-8-18(34-12-14-36-30(44)26(16(4)6-2)38-32(47)48)22-21(17)27(41)23-19(39)9-10-20(40)24(23)28(22)42/h7-10,15-16,25-26,33-34,37-40H,5-6,11-14H2,1-4H3,(H,35,43)(H,36,44)(H,45,46)(H,47,48)/t15-,16+,25-,26-/m1/s1. The van der Waals surface area contributed by atoms with Gasteiger partial charge in [-0.3, -0.25) is 19.2 Å². The van der Waals surface area contributed by atoms with Gasteiger partial charge in [-0.15, -0.1) is 0 Å². The molecule has 4 amide bonds. The van der Waals surface area contributed by atoms with E-state index in [-0.39, 0.29) is 71.6 Å². The third-order valence-electron chi connectivity index (χ3n) is 8.30. The highest BCUT2D eigenvalue weighted by Crippen LogP contribution is 2.42. The first-order valence-electron chi connectivity index (χ1n) is 15.6. The number of carboxylic acid groups (broad SMARTS) is 2. The molecule has 2 aromatic rings. The van der Waals surface area contributed by atoms with E-state index in [9.17, 15) is 39.0 Å². The number of rotatable bonds is 16. The third kappa shape index (κ3) is 8.43. The average Bonchev–Trinajstić information content (AvgIpc) is 3.05. The van der Waals surface area contributed by atoms with Crippen LogP contribution in [0.3, 0.4) is 0 Å². The minimum absolute atomic E-state index is 0.0285. The van der Waals surface area contributed by atoms with E-state index in [2.05, 4.69) is 31.9 Å². The van der Waals surface area contributed by atoms with Crippen LogP contribution in [0.4, 0.5) is 21.0 Å². The maximum absolute atomic E-state index is 13.8. The van der Waals surface area contributed by atoms with Gasteiger partial charge in [0.15, 0.2) is 0 Å². The summed E-state index contributed by atoms with van der Waals surface area (Å²) in [6.45, 7) is 7.32. The number of benzene rings is 2. The molecule has 3 rings (SSSR count). The first-order chi connectivity index (χ1) is 22.7. The summed E-state index contributed by atoms with van der Waals surface area (Å²) >= 11 is 0. The molecule has 48 heavy (non-hydrogen) atoms. The molecule has 0 aliphatic heterocycles. The van der Waals surface area contributed by atoms with E-state index in [0.29, 0.717) is 12.8 Å². The van der Waals surface area contributed by atoms with Gasteiger partial charge in [0.25, 0.3) is 0 Å².